The zero-order chi connectivity index (χ0) is 14.2. The molecule has 1 aromatic carbocycles. The van der Waals surface area contributed by atoms with Crippen molar-refractivity contribution in [2.45, 2.75) is 6.18 Å². The Morgan fingerprint density at radius 2 is 1.84 bits per heavy atom. The minimum atomic E-state index is -4.46. The molecule has 0 aliphatic heterocycles. The standard InChI is InChI=1S/C10H5BrClF3N4/c11-6-2-1-4(10(13,14)15)3-5(6)7-17-8(12)19-9(16)18-7/h1-3H,(H2,16,17,18,19). The molecule has 0 saturated heterocycles. The Morgan fingerprint density at radius 1 is 1.16 bits per heavy atom. The molecule has 0 radical (unpaired) electrons. The number of rotatable bonds is 1. The fourth-order valence-electron chi connectivity index (χ4n) is 1.36. The Morgan fingerprint density at radius 3 is 2.42 bits per heavy atom. The Labute approximate surface area is 119 Å². The van der Waals surface area contributed by atoms with Crippen LogP contribution in [0.15, 0.2) is 22.7 Å². The van der Waals surface area contributed by atoms with Crippen LogP contribution in [0.4, 0.5) is 19.1 Å². The fourth-order valence-corrected chi connectivity index (χ4v) is 1.95. The van der Waals surface area contributed by atoms with Gasteiger partial charge in [-0.1, -0.05) is 15.9 Å². The van der Waals surface area contributed by atoms with Gasteiger partial charge in [0.25, 0.3) is 0 Å². The largest absolute Gasteiger partial charge is 0.416 e. The van der Waals surface area contributed by atoms with Crippen LogP contribution >= 0.6 is 27.5 Å². The maximum Gasteiger partial charge on any atom is 0.416 e. The van der Waals surface area contributed by atoms with Gasteiger partial charge in [0.05, 0.1) is 5.56 Å². The second-order valence-electron chi connectivity index (χ2n) is 3.48. The first kappa shape index (κ1) is 14.0. The Kier molecular flexibility index (Phi) is 3.64. The molecule has 2 N–H and O–H groups in total. The first-order valence-electron chi connectivity index (χ1n) is 4.81. The zero-order valence-electron chi connectivity index (χ0n) is 9.04. The van der Waals surface area contributed by atoms with E-state index in [0.29, 0.717) is 4.47 Å². The van der Waals surface area contributed by atoms with E-state index < -0.39 is 11.7 Å². The van der Waals surface area contributed by atoms with Gasteiger partial charge >= 0.3 is 6.18 Å². The van der Waals surface area contributed by atoms with E-state index in [2.05, 4.69) is 30.9 Å². The van der Waals surface area contributed by atoms with E-state index >= 15 is 0 Å². The highest BCUT2D eigenvalue weighted by molar-refractivity contribution is 9.10. The lowest BCUT2D eigenvalue weighted by Gasteiger charge is -2.10. The van der Waals surface area contributed by atoms with Crippen LogP contribution in [0, 0.1) is 0 Å². The van der Waals surface area contributed by atoms with Crippen molar-refractivity contribution in [2.75, 3.05) is 5.73 Å². The Balaban J connectivity index is 2.61. The summed E-state index contributed by atoms with van der Waals surface area (Å²) in [5, 5.41) is -0.188. The van der Waals surface area contributed by atoms with E-state index in [1.54, 1.807) is 0 Å². The van der Waals surface area contributed by atoms with Crippen LogP contribution in [0.1, 0.15) is 5.56 Å². The number of benzene rings is 1. The molecule has 0 saturated carbocycles. The predicted molar refractivity (Wildman–Crippen MR) is 67.4 cm³/mol. The molecule has 0 aliphatic rings. The van der Waals surface area contributed by atoms with Crippen molar-refractivity contribution in [1.29, 1.82) is 0 Å². The van der Waals surface area contributed by atoms with Gasteiger partial charge < -0.3 is 5.73 Å². The summed E-state index contributed by atoms with van der Waals surface area (Å²) in [4.78, 5) is 11.1. The van der Waals surface area contributed by atoms with Crippen LogP contribution in [0.25, 0.3) is 11.4 Å². The molecule has 0 aliphatic carbocycles. The van der Waals surface area contributed by atoms with Gasteiger partial charge in [-0.05, 0) is 29.8 Å². The number of anilines is 1. The monoisotopic (exact) mass is 352 g/mol. The van der Waals surface area contributed by atoms with Crippen LogP contribution in [0.5, 0.6) is 0 Å². The third kappa shape index (κ3) is 3.13. The van der Waals surface area contributed by atoms with Gasteiger partial charge in [-0.15, -0.1) is 0 Å². The average molecular weight is 354 g/mol. The molecule has 100 valence electrons. The lowest BCUT2D eigenvalue weighted by Crippen LogP contribution is -2.06. The van der Waals surface area contributed by atoms with E-state index in [9.17, 15) is 13.2 Å². The first-order chi connectivity index (χ1) is 8.77. The molecule has 0 unspecified atom stereocenters. The second kappa shape index (κ2) is 4.93. The molecule has 2 rings (SSSR count). The Bertz CT molecular complexity index is 612. The maximum atomic E-state index is 12.7. The van der Waals surface area contributed by atoms with Crippen molar-refractivity contribution in [1.82, 2.24) is 15.0 Å². The second-order valence-corrected chi connectivity index (χ2v) is 4.67. The molecule has 0 atom stereocenters. The van der Waals surface area contributed by atoms with Gasteiger partial charge in [-0.25, -0.2) is 0 Å². The lowest BCUT2D eigenvalue weighted by atomic mass is 10.1. The summed E-state index contributed by atoms with van der Waals surface area (Å²) in [6, 6.07) is 3.11. The van der Waals surface area contributed by atoms with E-state index in [1.165, 1.54) is 6.07 Å². The van der Waals surface area contributed by atoms with Gasteiger partial charge in [0, 0.05) is 10.0 Å². The summed E-state index contributed by atoms with van der Waals surface area (Å²) in [6.07, 6.45) is -4.46. The van der Waals surface area contributed by atoms with E-state index in [1.807, 2.05) is 0 Å². The van der Waals surface area contributed by atoms with Crippen LogP contribution in [-0.2, 0) is 6.18 Å². The van der Waals surface area contributed by atoms with E-state index in [0.717, 1.165) is 12.1 Å². The third-order valence-electron chi connectivity index (χ3n) is 2.16. The van der Waals surface area contributed by atoms with Crippen molar-refractivity contribution in [3.05, 3.63) is 33.5 Å². The van der Waals surface area contributed by atoms with Crippen molar-refractivity contribution >= 4 is 33.5 Å². The number of nitrogens with two attached hydrogens (primary N) is 1. The molecule has 0 spiro atoms. The van der Waals surface area contributed by atoms with Gasteiger partial charge in [0.1, 0.15) is 0 Å². The molecule has 4 nitrogen and oxygen atoms in total. The summed E-state index contributed by atoms with van der Waals surface area (Å²) >= 11 is 8.73. The number of halogens is 5. The van der Waals surface area contributed by atoms with Gasteiger partial charge in [-0.2, -0.15) is 28.1 Å². The highest BCUT2D eigenvalue weighted by atomic mass is 79.9. The predicted octanol–water partition coefficient (Wildman–Crippen LogP) is 3.56. The summed E-state index contributed by atoms with van der Waals surface area (Å²) in [5.41, 5.74) is 4.70. The Hall–Kier alpha value is -1.41. The minimum Gasteiger partial charge on any atom is -0.368 e. The topological polar surface area (TPSA) is 64.7 Å². The molecule has 2 aromatic rings. The number of aromatic nitrogens is 3. The van der Waals surface area contributed by atoms with Gasteiger partial charge in [-0.3, -0.25) is 0 Å². The van der Waals surface area contributed by atoms with Crippen LogP contribution in [0.3, 0.4) is 0 Å². The van der Waals surface area contributed by atoms with Gasteiger partial charge in [0.15, 0.2) is 5.82 Å². The van der Waals surface area contributed by atoms with Crippen LogP contribution < -0.4 is 5.73 Å². The van der Waals surface area contributed by atoms with Crippen molar-refractivity contribution < 1.29 is 13.2 Å². The lowest BCUT2D eigenvalue weighted by molar-refractivity contribution is -0.137. The fraction of sp³-hybridized carbons (Fsp3) is 0.100. The number of alkyl halides is 3. The average Bonchev–Trinajstić information content (AvgIpc) is 2.26. The summed E-state index contributed by atoms with van der Waals surface area (Å²) < 4.78 is 38.4. The summed E-state index contributed by atoms with van der Waals surface area (Å²) in [6.45, 7) is 0. The molecule has 19 heavy (non-hydrogen) atoms. The highest BCUT2D eigenvalue weighted by Gasteiger charge is 2.31. The SMILES string of the molecule is Nc1nc(Cl)nc(-c2cc(C(F)(F)F)ccc2Br)n1. The molecular formula is C10H5BrClF3N4. The molecular weight excluding hydrogens is 348 g/mol. The molecule has 1 heterocycles. The van der Waals surface area contributed by atoms with Crippen LogP contribution in [-0.4, -0.2) is 15.0 Å². The van der Waals surface area contributed by atoms with Gasteiger partial charge in [0.2, 0.25) is 11.2 Å². The van der Waals surface area contributed by atoms with E-state index in [4.69, 9.17) is 17.3 Å². The van der Waals surface area contributed by atoms with Crippen molar-refractivity contribution in [3.63, 3.8) is 0 Å². The normalized spacial score (nSPS) is 11.6. The first-order valence-corrected chi connectivity index (χ1v) is 5.98. The maximum absolute atomic E-state index is 12.7. The number of nitrogens with zero attached hydrogens (tertiary/aromatic N) is 3. The number of nitrogen functional groups attached to an aromatic ring is 1. The minimum absolute atomic E-state index is 0.0320. The van der Waals surface area contributed by atoms with E-state index in [-0.39, 0.29) is 22.6 Å². The smallest absolute Gasteiger partial charge is 0.368 e. The highest BCUT2D eigenvalue weighted by Crippen LogP contribution is 2.35. The molecule has 0 amide bonds. The third-order valence-corrected chi connectivity index (χ3v) is 3.02. The molecule has 9 heteroatoms. The molecule has 0 bridgehead atoms. The number of hydrogen-bond donors (Lipinski definition) is 1. The zero-order valence-corrected chi connectivity index (χ0v) is 11.4. The molecule has 1 aromatic heterocycles. The summed E-state index contributed by atoms with van der Waals surface area (Å²) in [5.74, 6) is -0.199. The number of hydrogen-bond acceptors (Lipinski definition) is 4. The van der Waals surface area contributed by atoms with Crippen molar-refractivity contribution in [3.8, 4) is 11.4 Å². The summed E-state index contributed by atoms with van der Waals surface area (Å²) in [7, 11) is 0. The van der Waals surface area contributed by atoms with Crippen molar-refractivity contribution in [2.24, 2.45) is 0 Å². The molecule has 0 fully saturated rings. The van der Waals surface area contributed by atoms with Crippen LogP contribution in [0.2, 0.25) is 5.28 Å². The quantitative estimate of drug-likeness (QED) is 0.851.